The van der Waals surface area contributed by atoms with E-state index in [1.165, 1.54) is 7.11 Å². The number of esters is 1. The summed E-state index contributed by atoms with van der Waals surface area (Å²) < 4.78 is 12.8. The van der Waals surface area contributed by atoms with Gasteiger partial charge in [0.05, 0.1) is 12.6 Å². The Morgan fingerprint density at radius 3 is 2.88 bits per heavy atom. The predicted molar refractivity (Wildman–Crippen MR) is 87.6 cm³/mol. The van der Waals surface area contributed by atoms with Crippen molar-refractivity contribution < 1.29 is 19.1 Å². The van der Waals surface area contributed by atoms with Crippen molar-refractivity contribution in [2.75, 3.05) is 13.7 Å². The molecule has 0 bridgehead atoms. The van der Waals surface area contributed by atoms with Crippen LogP contribution in [-0.4, -0.2) is 41.2 Å². The third kappa shape index (κ3) is 2.26. The smallest absolute Gasteiger partial charge is 0.339 e. The highest BCUT2D eigenvalue weighted by Crippen LogP contribution is 2.35. The average Bonchev–Trinajstić information content (AvgIpc) is 3.30. The lowest BCUT2D eigenvalue weighted by molar-refractivity contribution is -0.138. The van der Waals surface area contributed by atoms with Crippen LogP contribution in [0.25, 0.3) is 16.8 Å². The molecule has 1 saturated heterocycles. The molecule has 0 radical (unpaired) electrons. The molecule has 0 spiro atoms. The van der Waals surface area contributed by atoms with E-state index in [-0.39, 0.29) is 5.91 Å². The predicted octanol–water partition coefficient (Wildman–Crippen LogP) is 2.35. The van der Waals surface area contributed by atoms with E-state index in [0.29, 0.717) is 30.8 Å². The van der Waals surface area contributed by atoms with Crippen LogP contribution in [0.5, 0.6) is 0 Å². The van der Waals surface area contributed by atoms with Gasteiger partial charge in [0.2, 0.25) is 11.8 Å². The van der Waals surface area contributed by atoms with E-state index in [2.05, 4.69) is 0 Å². The number of ether oxygens (including phenoxy) is 2. The van der Waals surface area contributed by atoms with Crippen LogP contribution in [0.4, 0.5) is 0 Å². The molecule has 24 heavy (non-hydrogen) atoms. The minimum absolute atomic E-state index is 0.0721. The summed E-state index contributed by atoms with van der Waals surface area (Å²) in [7, 11) is 1.36. The molecule has 0 N–H and O–H groups in total. The molecule has 2 aliphatic rings. The third-order valence-corrected chi connectivity index (χ3v) is 4.59. The van der Waals surface area contributed by atoms with Crippen molar-refractivity contribution in [3.05, 3.63) is 42.1 Å². The summed E-state index contributed by atoms with van der Waals surface area (Å²) in [6.07, 6.45) is 3.14. The molecule has 1 aromatic heterocycles. The Hall–Kier alpha value is -2.76. The zero-order valence-corrected chi connectivity index (χ0v) is 13.4. The molecule has 1 fully saturated rings. The lowest BCUT2D eigenvalue weighted by Crippen LogP contribution is -2.36. The largest absolute Gasteiger partial charge is 0.466 e. The number of para-hydroxylation sites is 1. The fourth-order valence-corrected chi connectivity index (χ4v) is 3.41. The van der Waals surface area contributed by atoms with Gasteiger partial charge < -0.3 is 14.4 Å². The summed E-state index contributed by atoms with van der Waals surface area (Å²) in [6.45, 7) is 0.664. The van der Waals surface area contributed by atoms with E-state index in [1.807, 2.05) is 41.1 Å². The van der Waals surface area contributed by atoms with Gasteiger partial charge in [-0.3, -0.25) is 9.36 Å². The Morgan fingerprint density at radius 2 is 2.12 bits per heavy atom. The van der Waals surface area contributed by atoms with Gasteiger partial charge in [-0.1, -0.05) is 18.2 Å². The number of carbonyl (C=O) groups is 2. The topological polar surface area (TPSA) is 60.8 Å². The Kier molecular flexibility index (Phi) is 3.52. The van der Waals surface area contributed by atoms with E-state index < -0.39 is 12.2 Å². The van der Waals surface area contributed by atoms with Crippen molar-refractivity contribution in [3.63, 3.8) is 0 Å². The molecular formula is C18H18N2O4. The molecule has 0 aliphatic carbocycles. The van der Waals surface area contributed by atoms with E-state index in [9.17, 15) is 9.59 Å². The van der Waals surface area contributed by atoms with E-state index >= 15 is 0 Å². The molecule has 1 unspecified atom stereocenters. The standard InChI is InChI=1S/C18H18N2O4/c1-23-18(22)13-11-16(20-9-4-7-15(20)21)24-17(13)19-10-8-12-5-2-3-6-14(12)19/h2-3,5-6,8,10,16H,4,7,9,11H2,1H3. The summed E-state index contributed by atoms with van der Waals surface area (Å²) in [5.41, 5.74) is 1.41. The van der Waals surface area contributed by atoms with Crippen LogP contribution in [0.1, 0.15) is 19.3 Å². The number of hydrogen-bond donors (Lipinski definition) is 0. The van der Waals surface area contributed by atoms with Gasteiger partial charge in [-0.25, -0.2) is 4.79 Å². The Morgan fingerprint density at radius 1 is 1.29 bits per heavy atom. The van der Waals surface area contributed by atoms with Crippen LogP contribution in [0.15, 0.2) is 42.1 Å². The number of likely N-dealkylation sites (tertiary alicyclic amines) is 1. The minimum Gasteiger partial charge on any atom is -0.466 e. The zero-order chi connectivity index (χ0) is 16.7. The summed E-state index contributed by atoms with van der Waals surface area (Å²) in [5.74, 6) is 0.104. The highest BCUT2D eigenvalue weighted by molar-refractivity contribution is 5.96. The second-order valence-electron chi connectivity index (χ2n) is 5.99. The molecular weight excluding hydrogens is 308 g/mol. The molecule has 6 heteroatoms. The maximum absolute atomic E-state index is 12.2. The monoisotopic (exact) mass is 326 g/mol. The average molecular weight is 326 g/mol. The molecule has 124 valence electrons. The van der Waals surface area contributed by atoms with Crippen LogP contribution in [0.3, 0.4) is 0 Å². The second kappa shape index (κ2) is 5.70. The fraction of sp³-hybridized carbons (Fsp3) is 0.333. The zero-order valence-electron chi connectivity index (χ0n) is 13.4. The van der Waals surface area contributed by atoms with Gasteiger partial charge in [-0.15, -0.1) is 0 Å². The van der Waals surface area contributed by atoms with Crippen molar-refractivity contribution in [1.82, 2.24) is 9.47 Å². The maximum atomic E-state index is 12.2. The number of carbonyl (C=O) groups excluding carboxylic acids is 2. The first kappa shape index (κ1) is 14.8. The number of fused-ring (bicyclic) bond motifs is 1. The van der Waals surface area contributed by atoms with Crippen LogP contribution in [-0.2, 0) is 19.1 Å². The molecule has 6 nitrogen and oxygen atoms in total. The highest BCUT2D eigenvalue weighted by Gasteiger charge is 2.39. The summed E-state index contributed by atoms with van der Waals surface area (Å²) >= 11 is 0. The lowest BCUT2D eigenvalue weighted by Gasteiger charge is -2.24. The molecule has 2 aliphatic heterocycles. The van der Waals surface area contributed by atoms with Crippen LogP contribution in [0.2, 0.25) is 0 Å². The lowest BCUT2D eigenvalue weighted by atomic mass is 10.2. The molecule has 0 saturated carbocycles. The van der Waals surface area contributed by atoms with Gasteiger partial charge in [-0.2, -0.15) is 0 Å². The molecule has 3 heterocycles. The van der Waals surface area contributed by atoms with Gasteiger partial charge in [0, 0.05) is 31.0 Å². The maximum Gasteiger partial charge on any atom is 0.339 e. The first-order chi connectivity index (χ1) is 11.7. The minimum atomic E-state index is -0.440. The molecule has 1 atom stereocenters. The fourth-order valence-electron chi connectivity index (χ4n) is 3.41. The Labute approximate surface area is 139 Å². The van der Waals surface area contributed by atoms with Crippen molar-refractivity contribution >= 4 is 28.7 Å². The van der Waals surface area contributed by atoms with Crippen LogP contribution >= 0.6 is 0 Å². The summed E-state index contributed by atoms with van der Waals surface area (Å²) in [6, 6.07) is 9.83. The number of amides is 1. The number of methoxy groups -OCH3 is 1. The number of benzene rings is 1. The molecule has 2 aromatic rings. The number of hydrogen-bond acceptors (Lipinski definition) is 4. The van der Waals surface area contributed by atoms with Crippen molar-refractivity contribution in [3.8, 4) is 0 Å². The van der Waals surface area contributed by atoms with Crippen molar-refractivity contribution in [1.29, 1.82) is 0 Å². The first-order valence-electron chi connectivity index (χ1n) is 8.03. The van der Waals surface area contributed by atoms with Crippen molar-refractivity contribution in [2.45, 2.75) is 25.5 Å². The van der Waals surface area contributed by atoms with Crippen LogP contribution < -0.4 is 0 Å². The van der Waals surface area contributed by atoms with E-state index in [4.69, 9.17) is 9.47 Å². The van der Waals surface area contributed by atoms with Gasteiger partial charge in [0.15, 0.2) is 6.23 Å². The highest BCUT2D eigenvalue weighted by atomic mass is 16.5. The normalized spacial score (nSPS) is 20.8. The first-order valence-corrected chi connectivity index (χ1v) is 8.03. The molecule has 4 rings (SSSR count). The Balaban J connectivity index is 1.75. The van der Waals surface area contributed by atoms with E-state index in [0.717, 1.165) is 17.3 Å². The number of aromatic nitrogens is 1. The van der Waals surface area contributed by atoms with Gasteiger partial charge in [-0.05, 0) is 18.6 Å². The van der Waals surface area contributed by atoms with Gasteiger partial charge >= 0.3 is 5.97 Å². The number of rotatable bonds is 3. The van der Waals surface area contributed by atoms with Crippen LogP contribution in [0, 0.1) is 0 Å². The molecule has 1 aromatic carbocycles. The summed E-state index contributed by atoms with van der Waals surface area (Å²) in [5, 5.41) is 1.05. The third-order valence-electron chi connectivity index (χ3n) is 4.59. The number of nitrogens with zero attached hydrogens (tertiary/aromatic N) is 2. The quantitative estimate of drug-likeness (QED) is 0.813. The van der Waals surface area contributed by atoms with E-state index in [1.54, 1.807) is 4.90 Å². The van der Waals surface area contributed by atoms with Gasteiger partial charge in [0.1, 0.15) is 5.57 Å². The Bertz CT molecular complexity index is 852. The second-order valence-corrected chi connectivity index (χ2v) is 5.99. The molecule has 1 amide bonds. The van der Waals surface area contributed by atoms with Gasteiger partial charge in [0.25, 0.3) is 0 Å². The summed E-state index contributed by atoms with van der Waals surface area (Å²) in [4.78, 5) is 25.9. The SMILES string of the molecule is COC(=O)C1=C(n2ccc3ccccc32)OC(N2CCCC2=O)C1. The van der Waals surface area contributed by atoms with Crippen molar-refractivity contribution in [2.24, 2.45) is 0 Å².